The Morgan fingerprint density at radius 3 is 2.68 bits per heavy atom. The van der Waals surface area contributed by atoms with E-state index in [-0.39, 0.29) is 11.4 Å². The quantitative estimate of drug-likeness (QED) is 0.440. The van der Waals surface area contributed by atoms with Crippen LogP contribution >= 0.6 is 11.3 Å². The molecule has 1 unspecified atom stereocenters. The number of nitrogens with zero attached hydrogens (tertiary/aromatic N) is 3. The molecule has 0 radical (unpaired) electrons. The van der Waals surface area contributed by atoms with Crippen molar-refractivity contribution in [3.05, 3.63) is 52.8 Å². The molecule has 8 nitrogen and oxygen atoms in total. The van der Waals surface area contributed by atoms with E-state index >= 15 is 0 Å². The Bertz CT molecular complexity index is 1340. The number of amides is 1. The first-order chi connectivity index (χ1) is 16.3. The van der Waals surface area contributed by atoms with Crippen molar-refractivity contribution < 1.29 is 22.7 Å². The third-order valence-electron chi connectivity index (χ3n) is 5.86. The summed E-state index contributed by atoms with van der Waals surface area (Å²) in [7, 11) is -2.31. The molecular weight excluding hydrogens is 474 g/mol. The van der Waals surface area contributed by atoms with E-state index in [0.717, 1.165) is 15.8 Å². The van der Waals surface area contributed by atoms with E-state index < -0.39 is 22.0 Å². The van der Waals surface area contributed by atoms with Gasteiger partial charge in [0.15, 0.2) is 4.80 Å². The van der Waals surface area contributed by atoms with Gasteiger partial charge in [0, 0.05) is 19.7 Å². The summed E-state index contributed by atoms with van der Waals surface area (Å²) in [6, 6.07) is 11.5. The average Bonchev–Trinajstić information content (AvgIpc) is 3.45. The number of carbonyl (C=O) groups excluding carboxylic acids is 1. The fourth-order valence-corrected chi connectivity index (χ4v) is 6.92. The Kier molecular flexibility index (Phi) is 7.51. The molecule has 1 aromatic heterocycles. The molecule has 3 aromatic rings. The zero-order chi connectivity index (χ0) is 24.3. The number of ether oxygens (including phenoxy) is 2. The van der Waals surface area contributed by atoms with Gasteiger partial charge in [-0.2, -0.15) is 9.30 Å². The molecule has 1 aliphatic rings. The minimum Gasteiger partial charge on any atom is -0.497 e. The predicted octanol–water partition coefficient (Wildman–Crippen LogP) is 3.34. The zero-order valence-electron chi connectivity index (χ0n) is 19.6. The first kappa shape index (κ1) is 24.6. The number of benzene rings is 2. The van der Waals surface area contributed by atoms with Crippen molar-refractivity contribution in [1.82, 2.24) is 8.87 Å². The van der Waals surface area contributed by atoms with Crippen LogP contribution in [0.25, 0.3) is 10.2 Å². The largest absolute Gasteiger partial charge is 0.497 e. The van der Waals surface area contributed by atoms with Crippen molar-refractivity contribution in [1.29, 1.82) is 0 Å². The number of sulfonamides is 1. The number of hydrogen-bond donors (Lipinski definition) is 0. The minimum atomic E-state index is -3.83. The summed E-state index contributed by atoms with van der Waals surface area (Å²) in [5.74, 6) is 0.127. The van der Waals surface area contributed by atoms with Gasteiger partial charge in [0.2, 0.25) is 10.0 Å². The van der Waals surface area contributed by atoms with Gasteiger partial charge in [0.25, 0.3) is 5.91 Å². The van der Waals surface area contributed by atoms with Gasteiger partial charge in [-0.05, 0) is 68.7 Å². The molecule has 0 aliphatic carbocycles. The highest BCUT2D eigenvalue weighted by Gasteiger charge is 2.39. The second kappa shape index (κ2) is 10.4. The standard InChI is InChI=1S/C24H29N3O5S2/c1-4-32-15-14-26-20-12-7-17(2)16-22(20)33-24(26)25-23(28)21-6-5-13-27(21)34(29,30)19-10-8-18(31-3)9-11-19/h7-12,16,21H,4-6,13-15H2,1-3H3. The third kappa shape index (κ3) is 4.95. The van der Waals surface area contributed by atoms with Crippen LogP contribution in [0.1, 0.15) is 25.3 Å². The number of aromatic nitrogens is 1. The molecule has 0 N–H and O–H groups in total. The fourth-order valence-electron chi connectivity index (χ4n) is 4.11. The first-order valence-corrected chi connectivity index (χ1v) is 13.5. The summed E-state index contributed by atoms with van der Waals surface area (Å²) >= 11 is 1.43. The Morgan fingerprint density at radius 2 is 1.97 bits per heavy atom. The smallest absolute Gasteiger partial charge is 0.266 e. The molecule has 1 aliphatic heterocycles. The van der Waals surface area contributed by atoms with Crippen LogP contribution in [0.2, 0.25) is 0 Å². The van der Waals surface area contributed by atoms with E-state index in [1.54, 1.807) is 12.1 Å². The van der Waals surface area contributed by atoms with Gasteiger partial charge in [-0.15, -0.1) is 0 Å². The van der Waals surface area contributed by atoms with Crippen LogP contribution in [0.3, 0.4) is 0 Å². The minimum absolute atomic E-state index is 0.136. The summed E-state index contributed by atoms with van der Waals surface area (Å²) in [5.41, 5.74) is 2.10. The van der Waals surface area contributed by atoms with Crippen LogP contribution in [-0.2, 0) is 26.1 Å². The molecule has 2 heterocycles. The number of hydrogen-bond acceptors (Lipinski definition) is 6. The highest BCUT2D eigenvalue weighted by atomic mass is 32.2. The maximum atomic E-state index is 13.3. The van der Waals surface area contributed by atoms with Crippen LogP contribution < -0.4 is 9.54 Å². The molecule has 0 bridgehead atoms. The van der Waals surface area contributed by atoms with Gasteiger partial charge >= 0.3 is 0 Å². The van der Waals surface area contributed by atoms with E-state index in [4.69, 9.17) is 9.47 Å². The average molecular weight is 504 g/mol. The number of thiazole rings is 1. The van der Waals surface area contributed by atoms with Crippen LogP contribution in [0.4, 0.5) is 0 Å². The van der Waals surface area contributed by atoms with Crippen molar-refractivity contribution in [3.63, 3.8) is 0 Å². The summed E-state index contributed by atoms with van der Waals surface area (Å²) in [5, 5.41) is 0. The van der Waals surface area contributed by atoms with Crippen molar-refractivity contribution in [2.24, 2.45) is 4.99 Å². The Morgan fingerprint density at radius 1 is 1.21 bits per heavy atom. The lowest BCUT2D eigenvalue weighted by Gasteiger charge is -2.21. The molecule has 182 valence electrons. The highest BCUT2D eigenvalue weighted by molar-refractivity contribution is 7.89. The molecule has 0 saturated carbocycles. The van der Waals surface area contributed by atoms with E-state index in [1.807, 2.05) is 30.5 Å². The van der Waals surface area contributed by atoms with Crippen molar-refractivity contribution in [2.45, 2.75) is 44.2 Å². The van der Waals surface area contributed by atoms with Gasteiger partial charge in [0.1, 0.15) is 11.8 Å². The molecule has 10 heteroatoms. The molecule has 4 rings (SSSR count). The molecule has 2 aromatic carbocycles. The molecule has 1 fully saturated rings. The van der Waals surface area contributed by atoms with Crippen molar-refractivity contribution in [2.75, 3.05) is 26.9 Å². The van der Waals surface area contributed by atoms with E-state index in [2.05, 4.69) is 11.1 Å². The summed E-state index contributed by atoms with van der Waals surface area (Å²) in [6.45, 7) is 5.91. The SMILES string of the molecule is CCOCCn1c(=NC(=O)C2CCCN2S(=O)(=O)c2ccc(OC)cc2)sc2cc(C)ccc21. The number of carbonyl (C=O) groups is 1. The summed E-state index contributed by atoms with van der Waals surface area (Å²) in [4.78, 5) is 18.4. The number of methoxy groups -OCH3 is 1. The molecule has 1 saturated heterocycles. The van der Waals surface area contributed by atoms with Crippen LogP contribution in [-0.4, -0.2) is 56.1 Å². The molecule has 1 atom stereocenters. The Balaban J connectivity index is 1.68. The Hall–Kier alpha value is -2.53. The van der Waals surface area contributed by atoms with Gasteiger partial charge in [-0.25, -0.2) is 8.42 Å². The Labute approximate surface area is 203 Å². The molecule has 0 spiro atoms. The second-order valence-corrected chi connectivity index (χ2v) is 11.0. The molecule has 1 amide bonds. The lowest BCUT2D eigenvalue weighted by molar-refractivity contribution is -0.121. The van der Waals surface area contributed by atoms with E-state index in [1.165, 1.54) is 34.9 Å². The zero-order valence-corrected chi connectivity index (χ0v) is 21.2. The first-order valence-electron chi connectivity index (χ1n) is 11.3. The van der Waals surface area contributed by atoms with Crippen LogP contribution in [0.15, 0.2) is 52.4 Å². The predicted molar refractivity (Wildman–Crippen MR) is 132 cm³/mol. The number of rotatable bonds is 8. The summed E-state index contributed by atoms with van der Waals surface area (Å²) < 4.78 is 41.5. The lowest BCUT2D eigenvalue weighted by Crippen LogP contribution is -2.40. The lowest BCUT2D eigenvalue weighted by atomic mass is 10.2. The monoisotopic (exact) mass is 503 g/mol. The van der Waals surface area contributed by atoms with Crippen molar-refractivity contribution >= 4 is 37.5 Å². The van der Waals surface area contributed by atoms with Gasteiger partial charge in [0.05, 0.1) is 28.8 Å². The van der Waals surface area contributed by atoms with Gasteiger partial charge in [-0.3, -0.25) is 4.79 Å². The summed E-state index contributed by atoms with van der Waals surface area (Å²) in [6.07, 6.45) is 1.05. The van der Waals surface area contributed by atoms with Crippen molar-refractivity contribution in [3.8, 4) is 5.75 Å². The highest BCUT2D eigenvalue weighted by Crippen LogP contribution is 2.28. The topological polar surface area (TPSA) is 90.2 Å². The van der Waals surface area contributed by atoms with Crippen LogP contribution in [0, 0.1) is 6.92 Å². The molecule has 34 heavy (non-hydrogen) atoms. The third-order valence-corrected chi connectivity index (χ3v) is 8.83. The second-order valence-electron chi connectivity index (χ2n) is 8.10. The normalized spacial score (nSPS) is 17.5. The van der Waals surface area contributed by atoms with Gasteiger partial charge in [-0.1, -0.05) is 17.4 Å². The number of fused-ring (bicyclic) bond motifs is 1. The van der Waals surface area contributed by atoms with E-state index in [9.17, 15) is 13.2 Å². The fraction of sp³-hybridized carbons (Fsp3) is 0.417. The molecular formula is C24H29N3O5S2. The van der Waals surface area contributed by atoms with E-state index in [0.29, 0.717) is 43.2 Å². The van der Waals surface area contributed by atoms with Gasteiger partial charge < -0.3 is 14.0 Å². The maximum absolute atomic E-state index is 13.3. The van der Waals surface area contributed by atoms with Crippen LogP contribution in [0.5, 0.6) is 5.75 Å². The maximum Gasteiger partial charge on any atom is 0.266 e. The number of aryl methyl sites for hydroxylation is 1.